The number of nitro groups is 2. The van der Waals surface area contributed by atoms with Gasteiger partial charge in [0.2, 0.25) is 0 Å². The molecule has 0 radical (unpaired) electrons. The predicted molar refractivity (Wildman–Crippen MR) is 89.4 cm³/mol. The Bertz CT molecular complexity index is 1060. The van der Waals surface area contributed by atoms with Gasteiger partial charge in [-0.15, -0.1) is 0 Å². The number of fused-ring (bicyclic) bond motifs is 1. The van der Waals surface area contributed by atoms with Crippen molar-refractivity contribution in [3.63, 3.8) is 0 Å². The summed E-state index contributed by atoms with van der Waals surface area (Å²) >= 11 is 0. The lowest BCUT2D eigenvalue weighted by atomic mass is 9.93. The third-order valence-electron chi connectivity index (χ3n) is 3.97. The monoisotopic (exact) mass is 378 g/mol. The Morgan fingerprint density at radius 2 is 1.41 bits per heavy atom. The third-order valence-corrected chi connectivity index (χ3v) is 3.97. The molecule has 27 heavy (non-hydrogen) atoms. The zero-order chi connectivity index (χ0) is 19.9. The first-order chi connectivity index (χ1) is 12.6. The van der Waals surface area contributed by atoms with Crippen molar-refractivity contribution in [1.82, 2.24) is 0 Å². The molecular formula is C17H9F3N2O5. The Hall–Kier alpha value is -3.69. The third kappa shape index (κ3) is 3.12. The molecule has 138 valence electrons. The van der Waals surface area contributed by atoms with E-state index in [-0.39, 0.29) is 23.1 Å². The lowest BCUT2D eigenvalue weighted by Gasteiger charge is -2.13. The van der Waals surface area contributed by atoms with Gasteiger partial charge >= 0.3 is 6.18 Å². The van der Waals surface area contributed by atoms with Crippen LogP contribution in [0.1, 0.15) is 5.56 Å². The lowest BCUT2D eigenvalue weighted by Crippen LogP contribution is -2.08. The van der Waals surface area contributed by atoms with Crippen molar-refractivity contribution in [1.29, 1.82) is 0 Å². The molecule has 0 aliphatic rings. The zero-order valence-electron chi connectivity index (χ0n) is 13.2. The molecule has 0 atom stereocenters. The molecule has 0 bridgehead atoms. The Kier molecular flexibility index (Phi) is 4.18. The standard InChI is InChI=1S/C17H9F3N2O5/c18-17(19,20)10-7-12(21(24)25)16(13(8-10)22(26)27)15-11-4-2-1-3-9(11)5-6-14(15)23/h1-8,23H. The molecule has 3 aromatic carbocycles. The summed E-state index contributed by atoms with van der Waals surface area (Å²) in [6, 6.07) is 9.33. The van der Waals surface area contributed by atoms with E-state index in [9.17, 15) is 38.5 Å². The molecular weight excluding hydrogens is 369 g/mol. The fourth-order valence-electron chi connectivity index (χ4n) is 2.84. The quantitative estimate of drug-likeness (QED) is 0.507. The van der Waals surface area contributed by atoms with Gasteiger partial charge in [-0.25, -0.2) is 0 Å². The summed E-state index contributed by atoms with van der Waals surface area (Å²) in [5, 5.41) is 33.8. The highest BCUT2D eigenvalue weighted by atomic mass is 19.4. The number of hydrogen-bond acceptors (Lipinski definition) is 5. The zero-order valence-corrected chi connectivity index (χ0v) is 13.2. The molecule has 7 nitrogen and oxygen atoms in total. The first kappa shape index (κ1) is 18.1. The fourth-order valence-corrected chi connectivity index (χ4v) is 2.84. The average molecular weight is 378 g/mol. The van der Waals surface area contributed by atoms with Gasteiger partial charge in [-0.1, -0.05) is 30.3 Å². The molecule has 0 saturated heterocycles. The van der Waals surface area contributed by atoms with Crippen LogP contribution >= 0.6 is 0 Å². The van der Waals surface area contributed by atoms with Crippen LogP contribution in [-0.2, 0) is 6.18 Å². The second-order valence-electron chi connectivity index (χ2n) is 5.58. The molecule has 0 aliphatic heterocycles. The number of nitro benzene ring substituents is 2. The number of halogens is 3. The van der Waals surface area contributed by atoms with Gasteiger partial charge < -0.3 is 5.11 Å². The second-order valence-corrected chi connectivity index (χ2v) is 5.58. The van der Waals surface area contributed by atoms with Crippen molar-refractivity contribution < 1.29 is 28.1 Å². The summed E-state index contributed by atoms with van der Waals surface area (Å²) in [5.41, 5.74) is -4.73. The van der Waals surface area contributed by atoms with E-state index in [4.69, 9.17) is 0 Å². The van der Waals surface area contributed by atoms with Crippen LogP contribution in [0.25, 0.3) is 21.9 Å². The van der Waals surface area contributed by atoms with Gasteiger partial charge in [-0.2, -0.15) is 13.2 Å². The molecule has 0 heterocycles. The molecule has 3 rings (SSSR count). The van der Waals surface area contributed by atoms with Gasteiger partial charge in [0.05, 0.1) is 15.4 Å². The van der Waals surface area contributed by atoms with E-state index < -0.39 is 44.3 Å². The molecule has 10 heteroatoms. The van der Waals surface area contributed by atoms with Crippen LogP contribution in [0, 0.1) is 20.2 Å². The van der Waals surface area contributed by atoms with Gasteiger partial charge in [0.1, 0.15) is 11.3 Å². The molecule has 0 unspecified atom stereocenters. The van der Waals surface area contributed by atoms with E-state index in [2.05, 4.69) is 0 Å². The van der Waals surface area contributed by atoms with Crippen LogP contribution in [0.2, 0.25) is 0 Å². The Labute approximate surface area is 148 Å². The van der Waals surface area contributed by atoms with Gasteiger partial charge in [0.15, 0.2) is 0 Å². The second kappa shape index (κ2) is 6.24. The number of nitrogens with zero attached hydrogens (tertiary/aromatic N) is 2. The first-order valence-electron chi connectivity index (χ1n) is 7.36. The summed E-state index contributed by atoms with van der Waals surface area (Å²) in [6.45, 7) is 0. The minimum absolute atomic E-state index is 0.225. The summed E-state index contributed by atoms with van der Waals surface area (Å²) in [5.74, 6) is -0.528. The topological polar surface area (TPSA) is 107 Å². The van der Waals surface area contributed by atoms with Gasteiger partial charge in [0, 0.05) is 17.7 Å². The number of aromatic hydroxyl groups is 1. The van der Waals surface area contributed by atoms with Crippen molar-refractivity contribution in [3.05, 3.63) is 74.3 Å². The normalized spacial score (nSPS) is 11.5. The molecule has 0 saturated carbocycles. The summed E-state index contributed by atoms with van der Waals surface area (Å²) in [6.07, 6.45) is -5.02. The predicted octanol–water partition coefficient (Wildman–Crippen LogP) is 5.05. The highest BCUT2D eigenvalue weighted by Gasteiger charge is 2.38. The summed E-state index contributed by atoms with van der Waals surface area (Å²) in [4.78, 5) is 20.6. The number of phenolic OH excluding ortho intramolecular Hbond substituents is 1. The van der Waals surface area contributed by atoms with Gasteiger partial charge in [-0.05, 0) is 16.8 Å². The first-order valence-corrected chi connectivity index (χ1v) is 7.36. The van der Waals surface area contributed by atoms with Crippen LogP contribution < -0.4 is 0 Å². The van der Waals surface area contributed by atoms with Crippen molar-refractivity contribution in [2.24, 2.45) is 0 Å². The van der Waals surface area contributed by atoms with Crippen LogP contribution in [-0.4, -0.2) is 15.0 Å². The number of alkyl halides is 3. The van der Waals surface area contributed by atoms with Crippen molar-refractivity contribution in [2.45, 2.75) is 6.18 Å². The number of benzene rings is 3. The van der Waals surface area contributed by atoms with Crippen molar-refractivity contribution in [3.8, 4) is 16.9 Å². The van der Waals surface area contributed by atoms with E-state index in [1.165, 1.54) is 24.3 Å². The average Bonchev–Trinajstić information content (AvgIpc) is 2.59. The van der Waals surface area contributed by atoms with Crippen molar-refractivity contribution in [2.75, 3.05) is 0 Å². The Balaban J connectivity index is 2.52. The Morgan fingerprint density at radius 3 is 1.93 bits per heavy atom. The highest BCUT2D eigenvalue weighted by molar-refractivity contribution is 6.04. The van der Waals surface area contributed by atoms with E-state index in [1.54, 1.807) is 12.1 Å². The van der Waals surface area contributed by atoms with E-state index in [0.717, 1.165) is 0 Å². The maximum atomic E-state index is 13.0. The molecule has 0 aromatic heterocycles. The van der Waals surface area contributed by atoms with Crippen LogP contribution in [0.4, 0.5) is 24.5 Å². The van der Waals surface area contributed by atoms with Crippen LogP contribution in [0.15, 0.2) is 48.5 Å². The molecule has 0 amide bonds. The van der Waals surface area contributed by atoms with E-state index in [0.29, 0.717) is 5.39 Å². The maximum Gasteiger partial charge on any atom is 0.416 e. The smallest absolute Gasteiger partial charge is 0.416 e. The maximum absolute atomic E-state index is 13.0. The van der Waals surface area contributed by atoms with E-state index in [1.807, 2.05) is 0 Å². The van der Waals surface area contributed by atoms with Gasteiger partial charge in [-0.3, -0.25) is 20.2 Å². The van der Waals surface area contributed by atoms with Crippen molar-refractivity contribution >= 4 is 22.1 Å². The number of hydrogen-bond donors (Lipinski definition) is 1. The molecule has 0 spiro atoms. The highest BCUT2D eigenvalue weighted by Crippen LogP contribution is 2.48. The SMILES string of the molecule is O=[N+]([O-])c1cc(C(F)(F)F)cc([N+](=O)[O-])c1-c1c(O)ccc2ccccc12. The minimum Gasteiger partial charge on any atom is -0.507 e. The van der Waals surface area contributed by atoms with E-state index >= 15 is 0 Å². The Morgan fingerprint density at radius 1 is 0.852 bits per heavy atom. The van der Waals surface area contributed by atoms with Crippen LogP contribution in [0.3, 0.4) is 0 Å². The number of rotatable bonds is 3. The molecule has 0 aliphatic carbocycles. The van der Waals surface area contributed by atoms with Crippen LogP contribution in [0.5, 0.6) is 5.75 Å². The minimum atomic E-state index is -5.02. The largest absolute Gasteiger partial charge is 0.507 e. The molecule has 1 N–H and O–H groups in total. The lowest BCUT2D eigenvalue weighted by molar-refractivity contribution is -0.393. The fraction of sp³-hybridized carbons (Fsp3) is 0.0588. The molecule has 0 fully saturated rings. The van der Waals surface area contributed by atoms with Gasteiger partial charge in [0.25, 0.3) is 11.4 Å². The molecule has 3 aromatic rings. The summed E-state index contributed by atoms with van der Waals surface area (Å²) < 4.78 is 39.1. The summed E-state index contributed by atoms with van der Waals surface area (Å²) in [7, 11) is 0. The number of phenols is 1.